The molecule has 0 aliphatic heterocycles. The second-order valence-electron chi connectivity index (χ2n) is 7.49. The van der Waals surface area contributed by atoms with Crippen molar-refractivity contribution in [2.75, 3.05) is 6.26 Å². The predicted octanol–water partition coefficient (Wildman–Crippen LogP) is 5.84. The lowest BCUT2D eigenvalue weighted by molar-refractivity contribution is 1.22. The molecule has 0 amide bonds. The summed E-state index contributed by atoms with van der Waals surface area (Å²) in [5.74, 6) is 0.914. The summed E-state index contributed by atoms with van der Waals surface area (Å²) >= 11 is 1.71. The topological polar surface area (TPSA) is 28.7 Å². The fourth-order valence-corrected chi connectivity index (χ4v) is 9.49. The Morgan fingerprint density at radius 2 is 1.00 bits per heavy atom. The molecule has 5 heteroatoms. The molecule has 0 saturated heterocycles. The average Bonchev–Trinajstić information content (AvgIpc) is 3.32. The molecule has 4 aromatic carbocycles. The number of hydrogen-bond donors (Lipinski definition) is 1. The highest BCUT2D eigenvalue weighted by atomic mass is 35.5. The lowest BCUT2D eigenvalue weighted by atomic mass is 10.2. The Hall–Kier alpha value is -2.84. The first-order chi connectivity index (χ1) is 15.8. The van der Waals surface area contributed by atoms with Gasteiger partial charge in [-0.1, -0.05) is 84.9 Å². The zero-order valence-corrected chi connectivity index (χ0v) is 20.8. The second-order valence-corrected chi connectivity index (χ2v) is 11.6. The van der Waals surface area contributed by atoms with Crippen molar-refractivity contribution in [3.8, 4) is 11.4 Å². The lowest BCUT2D eigenvalue weighted by Crippen LogP contribution is -2.40. The summed E-state index contributed by atoms with van der Waals surface area (Å²) in [4.78, 5) is 8.88. The van der Waals surface area contributed by atoms with Crippen LogP contribution < -0.4 is 21.3 Å². The van der Waals surface area contributed by atoms with Gasteiger partial charge in [-0.15, -0.1) is 24.2 Å². The van der Waals surface area contributed by atoms with Crippen LogP contribution in [-0.4, -0.2) is 16.2 Å². The van der Waals surface area contributed by atoms with Crippen LogP contribution in [0.2, 0.25) is 0 Å². The molecule has 5 rings (SSSR count). The molecule has 0 bridgehead atoms. The summed E-state index contributed by atoms with van der Waals surface area (Å²) < 4.78 is 0. The summed E-state index contributed by atoms with van der Waals surface area (Å²) in [6.07, 6.45) is 2.12. The highest BCUT2D eigenvalue weighted by Gasteiger charge is 2.51. The van der Waals surface area contributed by atoms with Gasteiger partial charge in [0.1, 0.15) is 21.7 Å². The fraction of sp³-hybridized carbons (Fsp3) is 0.0357. The molecule has 2 nitrogen and oxygen atoms in total. The zero-order chi connectivity index (χ0) is 21.8. The maximum atomic E-state index is 5.08. The summed E-state index contributed by atoms with van der Waals surface area (Å²) in [5.41, 5.74) is 2.30. The van der Waals surface area contributed by atoms with E-state index in [1.54, 1.807) is 11.8 Å². The SMILES string of the molecule is CSc1nc(-c2ccccc2)[nH]c1[P+](c1ccccc1)(c1ccccc1)c1ccccc1.Cl. The van der Waals surface area contributed by atoms with Crippen molar-refractivity contribution in [3.05, 3.63) is 121 Å². The second kappa shape index (κ2) is 10.4. The van der Waals surface area contributed by atoms with Gasteiger partial charge in [0, 0.05) is 5.56 Å². The van der Waals surface area contributed by atoms with Gasteiger partial charge in [0.05, 0.1) is 0 Å². The molecule has 1 aromatic heterocycles. The molecule has 0 atom stereocenters. The van der Waals surface area contributed by atoms with E-state index >= 15 is 0 Å². The Morgan fingerprint density at radius 3 is 1.39 bits per heavy atom. The summed E-state index contributed by atoms with van der Waals surface area (Å²) in [7, 11) is -2.20. The van der Waals surface area contributed by atoms with Crippen LogP contribution in [-0.2, 0) is 0 Å². The maximum Gasteiger partial charge on any atom is 0.210 e. The van der Waals surface area contributed by atoms with E-state index in [1.807, 2.05) is 6.07 Å². The quantitative estimate of drug-likeness (QED) is 0.241. The number of halogens is 1. The zero-order valence-electron chi connectivity index (χ0n) is 18.3. The van der Waals surface area contributed by atoms with Gasteiger partial charge in [-0.2, -0.15) is 0 Å². The molecule has 1 heterocycles. The number of hydrogen-bond acceptors (Lipinski definition) is 2. The van der Waals surface area contributed by atoms with Gasteiger partial charge in [-0.25, -0.2) is 4.98 Å². The number of aromatic amines is 1. The van der Waals surface area contributed by atoms with Crippen LogP contribution in [0.4, 0.5) is 0 Å². The Balaban J connectivity index is 0.00000259. The van der Waals surface area contributed by atoms with Crippen LogP contribution in [0.15, 0.2) is 126 Å². The molecule has 0 fully saturated rings. The molecule has 1 N–H and O–H groups in total. The van der Waals surface area contributed by atoms with Gasteiger partial charge in [0.2, 0.25) is 5.44 Å². The molecular formula is C28H25ClN2PS+. The number of thioether (sulfide) groups is 1. The third-order valence-corrected chi connectivity index (χ3v) is 10.7. The van der Waals surface area contributed by atoms with Crippen LogP contribution in [0, 0.1) is 0 Å². The Labute approximate surface area is 206 Å². The third kappa shape index (κ3) is 4.25. The standard InChI is InChI=1S/C28H24N2PS.ClH/c1-32-28-27(29-26(30-28)22-14-6-2-7-15-22)31(23-16-8-3-9-17-23,24-18-10-4-11-19-24)25-20-12-5-13-21-25;/h2-21H,1H3,(H,29,30);1H/q+1;. The smallest absolute Gasteiger partial charge is 0.210 e. The van der Waals surface area contributed by atoms with E-state index in [-0.39, 0.29) is 12.4 Å². The number of nitrogens with one attached hydrogen (secondary N) is 1. The largest absolute Gasteiger partial charge is 0.307 e. The van der Waals surface area contributed by atoms with E-state index in [0.29, 0.717) is 0 Å². The van der Waals surface area contributed by atoms with E-state index in [2.05, 4.69) is 127 Å². The predicted molar refractivity (Wildman–Crippen MR) is 148 cm³/mol. The number of rotatable bonds is 6. The molecule has 0 unspecified atom stereocenters. The van der Waals surface area contributed by atoms with Crippen molar-refractivity contribution in [2.24, 2.45) is 0 Å². The van der Waals surface area contributed by atoms with Gasteiger partial charge in [0.15, 0.2) is 12.3 Å². The minimum Gasteiger partial charge on any atom is -0.307 e. The highest BCUT2D eigenvalue weighted by Crippen LogP contribution is 2.55. The van der Waals surface area contributed by atoms with Crippen molar-refractivity contribution >= 4 is 52.8 Å². The number of nitrogens with zero attached hydrogens (tertiary/aromatic N) is 1. The Morgan fingerprint density at radius 1 is 0.606 bits per heavy atom. The first-order valence-electron chi connectivity index (χ1n) is 10.6. The van der Waals surface area contributed by atoms with Crippen molar-refractivity contribution in [1.29, 1.82) is 0 Å². The van der Waals surface area contributed by atoms with Crippen LogP contribution in [0.3, 0.4) is 0 Å². The summed E-state index contributed by atoms with van der Waals surface area (Å²) in [6, 6.07) is 43.1. The molecule has 33 heavy (non-hydrogen) atoms. The molecular weight excluding hydrogens is 463 g/mol. The molecule has 0 spiro atoms. The Bertz CT molecular complexity index is 1200. The summed E-state index contributed by atoms with van der Waals surface area (Å²) in [5, 5.41) is 5.00. The van der Waals surface area contributed by atoms with E-state index in [4.69, 9.17) is 4.98 Å². The number of imidazole rings is 1. The van der Waals surface area contributed by atoms with Crippen LogP contribution in [0.25, 0.3) is 11.4 Å². The molecule has 0 aliphatic carbocycles. The van der Waals surface area contributed by atoms with E-state index in [9.17, 15) is 0 Å². The minimum atomic E-state index is -2.20. The van der Waals surface area contributed by atoms with Gasteiger partial charge in [-0.3, -0.25) is 0 Å². The first-order valence-corrected chi connectivity index (χ1v) is 13.6. The normalized spacial score (nSPS) is 11.1. The molecule has 5 aromatic rings. The maximum absolute atomic E-state index is 5.08. The van der Waals surface area contributed by atoms with Crippen molar-refractivity contribution in [1.82, 2.24) is 9.97 Å². The van der Waals surface area contributed by atoms with Crippen molar-refractivity contribution in [2.45, 2.75) is 5.03 Å². The molecule has 0 aliphatic rings. The van der Waals surface area contributed by atoms with Crippen molar-refractivity contribution < 1.29 is 0 Å². The molecule has 164 valence electrons. The number of benzene rings is 4. The van der Waals surface area contributed by atoms with Gasteiger partial charge >= 0.3 is 0 Å². The minimum absolute atomic E-state index is 0. The summed E-state index contributed by atoms with van der Waals surface area (Å²) in [6.45, 7) is 0. The molecule has 0 radical (unpaired) electrons. The number of H-pyrrole nitrogens is 1. The van der Waals surface area contributed by atoms with Gasteiger partial charge < -0.3 is 4.98 Å². The van der Waals surface area contributed by atoms with Crippen molar-refractivity contribution in [3.63, 3.8) is 0 Å². The monoisotopic (exact) mass is 487 g/mol. The van der Waals surface area contributed by atoms with Gasteiger partial charge in [0.25, 0.3) is 0 Å². The van der Waals surface area contributed by atoms with Crippen LogP contribution >= 0.6 is 31.4 Å². The van der Waals surface area contributed by atoms with Crippen LogP contribution in [0.1, 0.15) is 0 Å². The number of aromatic nitrogens is 2. The fourth-order valence-electron chi connectivity index (χ4n) is 4.24. The van der Waals surface area contributed by atoms with E-state index < -0.39 is 7.26 Å². The third-order valence-electron chi connectivity index (χ3n) is 5.66. The van der Waals surface area contributed by atoms with E-state index in [1.165, 1.54) is 21.3 Å². The molecule has 0 saturated carbocycles. The van der Waals surface area contributed by atoms with Gasteiger partial charge in [-0.05, 0) is 42.7 Å². The highest BCUT2D eigenvalue weighted by molar-refractivity contribution is 8.04. The van der Waals surface area contributed by atoms with E-state index in [0.717, 1.165) is 16.4 Å². The van der Waals surface area contributed by atoms with Crippen LogP contribution in [0.5, 0.6) is 0 Å². The Kier molecular flexibility index (Phi) is 7.35. The average molecular weight is 488 g/mol. The lowest BCUT2D eigenvalue weighted by Gasteiger charge is -2.26. The first kappa shape index (κ1) is 23.3.